The molecule has 0 fully saturated rings. The van der Waals surface area contributed by atoms with E-state index in [-0.39, 0.29) is 12.6 Å². The predicted molar refractivity (Wildman–Crippen MR) is 87.4 cm³/mol. The lowest BCUT2D eigenvalue weighted by Crippen LogP contribution is -2.32. The summed E-state index contributed by atoms with van der Waals surface area (Å²) in [5, 5.41) is 1.99. The number of nitrogens with zero attached hydrogens (tertiary/aromatic N) is 1. The van der Waals surface area contributed by atoms with Crippen LogP contribution >= 0.6 is 0 Å². The van der Waals surface area contributed by atoms with Crippen molar-refractivity contribution < 1.29 is 19.0 Å². The molecule has 2 aromatic rings. The Balaban J connectivity index is 1.76. The smallest absolute Gasteiger partial charge is 0.231 e. The van der Waals surface area contributed by atoms with E-state index in [4.69, 9.17) is 14.2 Å². The molecule has 0 radical (unpaired) electrons. The molecule has 120 valence electrons. The first-order valence-corrected chi connectivity index (χ1v) is 7.89. The number of hydrogen-bond acceptors (Lipinski definition) is 4. The van der Waals surface area contributed by atoms with Gasteiger partial charge in [0, 0.05) is 23.3 Å². The molecule has 5 heteroatoms. The van der Waals surface area contributed by atoms with Crippen LogP contribution in [0.2, 0.25) is 0 Å². The van der Waals surface area contributed by atoms with Gasteiger partial charge in [-0.05, 0) is 47.9 Å². The molecule has 0 amide bonds. The standard InChI is InChI=1S/C19H15NO4/c1-22-16-3-2-13-14(19(16)21)9-20-5-4-11-7-17-18(24-10-23-17)8-12(11)6-15(13)20/h2-3,6-9H,4-5,10H2,1H3. The number of Topliss-reactive ketones (excluding diaryl/α,β-unsaturated/α-hetero) is 1. The molecular formula is C19H15NO4. The van der Waals surface area contributed by atoms with Crippen LogP contribution in [0, 0.1) is 0 Å². The van der Waals surface area contributed by atoms with Gasteiger partial charge in [0.05, 0.1) is 12.7 Å². The van der Waals surface area contributed by atoms with Gasteiger partial charge in [0.2, 0.25) is 12.6 Å². The molecule has 0 bridgehead atoms. The molecule has 1 aromatic carbocycles. The topological polar surface area (TPSA) is 49.7 Å². The van der Waals surface area contributed by atoms with Crippen molar-refractivity contribution in [3.63, 3.8) is 0 Å². The summed E-state index contributed by atoms with van der Waals surface area (Å²) < 4.78 is 18.3. The van der Waals surface area contributed by atoms with Crippen molar-refractivity contribution in [1.82, 2.24) is 4.57 Å². The van der Waals surface area contributed by atoms with Gasteiger partial charge in [-0.25, -0.2) is 0 Å². The molecule has 2 aliphatic heterocycles. The summed E-state index contributed by atoms with van der Waals surface area (Å²) >= 11 is 0. The highest BCUT2D eigenvalue weighted by Gasteiger charge is 2.23. The van der Waals surface area contributed by atoms with Gasteiger partial charge in [0.1, 0.15) is 0 Å². The third kappa shape index (κ3) is 1.78. The van der Waals surface area contributed by atoms with Gasteiger partial charge in [0.25, 0.3) is 0 Å². The highest BCUT2D eigenvalue weighted by atomic mass is 16.7. The molecule has 0 saturated heterocycles. The maximum absolute atomic E-state index is 12.5. The van der Waals surface area contributed by atoms with E-state index in [1.807, 2.05) is 18.3 Å². The van der Waals surface area contributed by atoms with Gasteiger partial charge in [-0.1, -0.05) is 0 Å². The van der Waals surface area contributed by atoms with Crippen LogP contribution in [0.25, 0.3) is 12.2 Å². The maximum Gasteiger partial charge on any atom is 0.231 e. The van der Waals surface area contributed by atoms with E-state index < -0.39 is 0 Å². The fourth-order valence-corrected chi connectivity index (χ4v) is 3.56. The summed E-state index contributed by atoms with van der Waals surface area (Å²) in [6.45, 7) is 1.09. The van der Waals surface area contributed by atoms with E-state index >= 15 is 0 Å². The molecule has 0 unspecified atom stereocenters. The van der Waals surface area contributed by atoms with Gasteiger partial charge in [-0.15, -0.1) is 0 Å². The third-order valence-electron chi connectivity index (χ3n) is 4.80. The number of ketones is 1. The second-order valence-electron chi connectivity index (χ2n) is 6.06. The lowest BCUT2D eigenvalue weighted by atomic mass is 10.0. The summed E-state index contributed by atoms with van der Waals surface area (Å²) in [5.41, 5.74) is 3.04. The molecule has 0 atom stereocenters. The van der Waals surface area contributed by atoms with E-state index in [0.717, 1.165) is 40.6 Å². The lowest BCUT2D eigenvalue weighted by Gasteiger charge is -2.07. The highest BCUT2D eigenvalue weighted by Crippen LogP contribution is 2.35. The summed E-state index contributed by atoms with van der Waals surface area (Å²) in [7, 11) is 1.52. The number of aryl methyl sites for hydroxylation is 2. The molecule has 0 spiro atoms. The molecule has 0 saturated carbocycles. The van der Waals surface area contributed by atoms with Crippen LogP contribution in [0.5, 0.6) is 11.5 Å². The number of rotatable bonds is 1. The maximum atomic E-state index is 12.5. The van der Waals surface area contributed by atoms with Gasteiger partial charge in [-0.2, -0.15) is 0 Å². The number of methoxy groups -OCH3 is 1. The van der Waals surface area contributed by atoms with Crippen LogP contribution in [0.15, 0.2) is 30.2 Å². The van der Waals surface area contributed by atoms with Crippen molar-refractivity contribution in [1.29, 1.82) is 0 Å². The number of fused-ring (bicyclic) bond motifs is 5. The van der Waals surface area contributed by atoms with Crippen LogP contribution in [-0.4, -0.2) is 24.3 Å². The van der Waals surface area contributed by atoms with Crippen molar-refractivity contribution in [3.05, 3.63) is 57.4 Å². The third-order valence-corrected chi connectivity index (χ3v) is 4.80. The molecule has 1 aliphatic carbocycles. The Bertz CT molecular complexity index is 1040. The Morgan fingerprint density at radius 2 is 2.00 bits per heavy atom. The van der Waals surface area contributed by atoms with Crippen molar-refractivity contribution in [2.24, 2.45) is 0 Å². The molecule has 3 heterocycles. The number of aromatic nitrogens is 1. The summed E-state index contributed by atoms with van der Waals surface area (Å²) in [4.78, 5) is 12.5. The number of benzene rings is 1. The van der Waals surface area contributed by atoms with E-state index in [1.54, 1.807) is 6.08 Å². The predicted octanol–water partition coefficient (Wildman–Crippen LogP) is 1.11. The second-order valence-corrected chi connectivity index (χ2v) is 6.06. The Morgan fingerprint density at radius 1 is 1.17 bits per heavy atom. The number of allylic oxidation sites excluding steroid dienone is 2. The largest absolute Gasteiger partial charge is 0.493 e. The Labute approximate surface area is 138 Å². The Morgan fingerprint density at radius 3 is 2.83 bits per heavy atom. The van der Waals surface area contributed by atoms with Crippen LogP contribution < -0.4 is 20.0 Å². The van der Waals surface area contributed by atoms with Crippen LogP contribution in [0.4, 0.5) is 0 Å². The zero-order valence-electron chi connectivity index (χ0n) is 13.2. The molecule has 5 rings (SSSR count). The summed E-state index contributed by atoms with van der Waals surface area (Å²) in [6.07, 6.45) is 8.62. The number of carbonyl (C=O) groups is 1. The van der Waals surface area contributed by atoms with Gasteiger partial charge >= 0.3 is 0 Å². The lowest BCUT2D eigenvalue weighted by molar-refractivity contribution is 0.0952. The molecule has 24 heavy (non-hydrogen) atoms. The van der Waals surface area contributed by atoms with Gasteiger partial charge in [0.15, 0.2) is 17.3 Å². The molecule has 3 aliphatic rings. The van der Waals surface area contributed by atoms with E-state index in [1.165, 1.54) is 12.7 Å². The first kappa shape index (κ1) is 13.5. The van der Waals surface area contributed by atoms with Crippen molar-refractivity contribution >= 4 is 17.9 Å². The first-order chi connectivity index (χ1) is 11.7. The minimum atomic E-state index is -0.0603. The number of ether oxygens (including phenoxy) is 3. The number of carbonyl (C=O) groups excluding carboxylic acids is 1. The van der Waals surface area contributed by atoms with E-state index in [9.17, 15) is 4.79 Å². The van der Waals surface area contributed by atoms with E-state index in [2.05, 4.69) is 16.7 Å². The zero-order chi connectivity index (χ0) is 16.3. The molecular weight excluding hydrogens is 306 g/mol. The van der Waals surface area contributed by atoms with E-state index in [0.29, 0.717) is 11.3 Å². The number of hydrogen-bond donors (Lipinski definition) is 0. The van der Waals surface area contributed by atoms with Crippen molar-refractivity contribution in [2.75, 3.05) is 13.9 Å². The normalized spacial score (nSPS) is 16.9. The highest BCUT2D eigenvalue weighted by molar-refractivity contribution is 6.09. The quantitative estimate of drug-likeness (QED) is 0.789. The Hall–Kier alpha value is -2.95. The average Bonchev–Trinajstić information content (AvgIpc) is 3.13. The van der Waals surface area contributed by atoms with Crippen LogP contribution in [0.3, 0.4) is 0 Å². The first-order valence-electron chi connectivity index (χ1n) is 7.89. The Kier molecular flexibility index (Phi) is 2.68. The second kappa shape index (κ2) is 4.77. The molecule has 0 N–H and O–H groups in total. The fraction of sp³-hybridized carbons (Fsp3) is 0.211. The monoisotopic (exact) mass is 321 g/mol. The van der Waals surface area contributed by atoms with Crippen LogP contribution in [-0.2, 0) is 17.7 Å². The van der Waals surface area contributed by atoms with Crippen molar-refractivity contribution in [3.8, 4) is 11.5 Å². The molecule has 1 aromatic heterocycles. The fourth-order valence-electron chi connectivity index (χ4n) is 3.56. The van der Waals surface area contributed by atoms with Crippen molar-refractivity contribution in [2.45, 2.75) is 13.0 Å². The minimum absolute atomic E-state index is 0.0603. The SMILES string of the molecule is COC1=CC=c2c(cn3c2=Cc2cc4c(cc2CC3)OCO4)C1=O. The van der Waals surface area contributed by atoms with Gasteiger partial charge in [-0.3, -0.25) is 4.79 Å². The van der Waals surface area contributed by atoms with Crippen LogP contribution in [0.1, 0.15) is 21.5 Å². The average molecular weight is 321 g/mol. The zero-order valence-corrected chi connectivity index (χ0v) is 13.2. The minimum Gasteiger partial charge on any atom is -0.493 e. The summed E-state index contributed by atoms with van der Waals surface area (Å²) in [6, 6.07) is 4.08. The molecule has 5 nitrogen and oxygen atoms in total. The summed E-state index contributed by atoms with van der Waals surface area (Å²) in [5.74, 6) is 1.91. The van der Waals surface area contributed by atoms with Gasteiger partial charge < -0.3 is 18.8 Å².